The van der Waals surface area contributed by atoms with Gasteiger partial charge in [0.15, 0.2) is 0 Å². The molecule has 148 valence electrons. The zero-order chi connectivity index (χ0) is 20.3. The molecule has 0 aliphatic carbocycles. The molecule has 1 aliphatic heterocycles. The van der Waals surface area contributed by atoms with Gasteiger partial charge in [0, 0.05) is 43.6 Å². The van der Waals surface area contributed by atoms with E-state index in [2.05, 4.69) is 43.1 Å². The van der Waals surface area contributed by atoms with Gasteiger partial charge < -0.3 is 14.7 Å². The van der Waals surface area contributed by atoms with Crippen LogP contribution in [0.3, 0.4) is 0 Å². The summed E-state index contributed by atoms with van der Waals surface area (Å²) in [6.07, 6.45) is 2.72. The van der Waals surface area contributed by atoms with Crippen LogP contribution < -0.4 is 9.80 Å². The van der Waals surface area contributed by atoms with Crippen LogP contribution in [0, 0.1) is 0 Å². The van der Waals surface area contributed by atoms with Gasteiger partial charge in [-0.25, -0.2) is 0 Å². The van der Waals surface area contributed by atoms with Crippen molar-refractivity contribution in [2.45, 2.75) is 6.42 Å². The zero-order valence-corrected chi connectivity index (χ0v) is 18.0. The van der Waals surface area contributed by atoms with E-state index >= 15 is 0 Å². The molecule has 0 unspecified atom stereocenters. The summed E-state index contributed by atoms with van der Waals surface area (Å²) in [6.45, 7) is 2.52. The van der Waals surface area contributed by atoms with Crippen molar-refractivity contribution in [3.05, 3.63) is 63.6 Å². The van der Waals surface area contributed by atoms with Crippen LogP contribution in [-0.4, -0.2) is 51.6 Å². The summed E-state index contributed by atoms with van der Waals surface area (Å²) in [5.74, 6) is 0.0177. The lowest BCUT2D eigenvalue weighted by Gasteiger charge is -2.23. The van der Waals surface area contributed by atoms with E-state index in [1.165, 1.54) is 0 Å². The van der Waals surface area contributed by atoms with Crippen LogP contribution in [0.2, 0.25) is 10.0 Å². The summed E-state index contributed by atoms with van der Waals surface area (Å²) in [5.41, 5.74) is 3.76. The highest BCUT2D eigenvalue weighted by Gasteiger charge is 2.27. The number of anilines is 2. The van der Waals surface area contributed by atoms with E-state index in [0.29, 0.717) is 23.0 Å². The van der Waals surface area contributed by atoms with Crippen LogP contribution in [0.5, 0.6) is 0 Å². The summed E-state index contributed by atoms with van der Waals surface area (Å²) < 4.78 is 0. The molecular formula is C22H25Cl2N3O. The Hall–Kier alpha value is -2.01. The summed E-state index contributed by atoms with van der Waals surface area (Å²) in [5, 5.41) is 0.944. The molecule has 1 aliphatic rings. The predicted octanol–water partition coefficient (Wildman–Crippen LogP) is 4.81. The summed E-state index contributed by atoms with van der Waals surface area (Å²) in [4.78, 5) is 19.1. The lowest BCUT2D eigenvalue weighted by molar-refractivity contribution is -0.114. The summed E-state index contributed by atoms with van der Waals surface area (Å²) in [6, 6.07) is 13.5. The number of para-hydroxylation sites is 1. The molecule has 0 N–H and O–H groups in total. The van der Waals surface area contributed by atoms with Gasteiger partial charge in [-0.15, -0.1) is 0 Å². The van der Waals surface area contributed by atoms with Gasteiger partial charge in [-0.05, 0) is 56.4 Å². The maximum atomic E-state index is 13.0. The first-order chi connectivity index (χ1) is 13.4. The molecule has 0 atom stereocenters. The number of carbonyl (C=O) groups excluding carboxylic acids is 1. The Bertz CT molecular complexity index is 895. The van der Waals surface area contributed by atoms with E-state index in [4.69, 9.17) is 23.2 Å². The standard InChI is InChI=1S/C22H25Cl2N3O/c1-25(2)12-13-26(3)21-7-5-4-6-16(21)14-17-10-11-27(22(17)28)18-8-9-19(23)20(24)15-18/h4-9,14-15H,10-13H2,1-3H3/b17-14+. The first-order valence-corrected chi connectivity index (χ1v) is 10.0. The topological polar surface area (TPSA) is 26.8 Å². The number of carbonyl (C=O) groups is 1. The molecule has 0 aromatic heterocycles. The van der Waals surface area contributed by atoms with Crippen LogP contribution in [0.25, 0.3) is 6.08 Å². The van der Waals surface area contributed by atoms with Gasteiger partial charge in [0.25, 0.3) is 5.91 Å². The Labute approximate surface area is 176 Å². The van der Waals surface area contributed by atoms with E-state index in [-0.39, 0.29) is 5.91 Å². The van der Waals surface area contributed by atoms with Crippen LogP contribution in [0.4, 0.5) is 11.4 Å². The van der Waals surface area contributed by atoms with Gasteiger partial charge in [0.2, 0.25) is 0 Å². The molecule has 1 heterocycles. The minimum Gasteiger partial charge on any atom is -0.373 e. The molecular weight excluding hydrogens is 393 g/mol. The third kappa shape index (κ3) is 4.69. The molecule has 0 radical (unpaired) electrons. The van der Waals surface area contributed by atoms with Gasteiger partial charge in [0.1, 0.15) is 0 Å². The number of hydrogen-bond acceptors (Lipinski definition) is 3. The van der Waals surface area contributed by atoms with Gasteiger partial charge in [0.05, 0.1) is 10.0 Å². The second-order valence-corrected chi connectivity index (χ2v) is 8.07. The van der Waals surface area contributed by atoms with Crippen LogP contribution >= 0.6 is 23.2 Å². The zero-order valence-electron chi connectivity index (χ0n) is 16.5. The van der Waals surface area contributed by atoms with Gasteiger partial charge in [-0.3, -0.25) is 4.79 Å². The molecule has 3 rings (SSSR count). The van der Waals surface area contributed by atoms with E-state index in [1.54, 1.807) is 17.0 Å². The summed E-state index contributed by atoms with van der Waals surface area (Å²) >= 11 is 12.1. The highest BCUT2D eigenvalue weighted by atomic mass is 35.5. The molecule has 2 aromatic carbocycles. The monoisotopic (exact) mass is 417 g/mol. The largest absolute Gasteiger partial charge is 0.373 e. The Morgan fingerprint density at radius 3 is 2.50 bits per heavy atom. The maximum Gasteiger partial charge on any atom is 0.254 e. The van der Waals surface area contributed by atoms with Crippen molar-refractivity contribution in [2.75, 3.05) is 50.6 Å². The van der Waals surface area contributed by atoms with Crippen molar-refractivity contribution >= 4 is 46.6 Å². The number of rotatable bonds is 6. The van der Waals surface area contributed by atoms with Crippen LogP contribution in [-0.2, 0) is 4.79 Å². The average Bonchev–Trinajstić information content (AvgIpc) is 3.03. The lowest BCUT2D eigenvalue weighted by Crippen LogP contribution is -2.28. The van der Waals surface area contributed by atoms with Crippen molar-refractivity contribution in [3.8, 4) is 0 Å². The number of hydrogen-bond donors (Lipinski definition) is 0. The molecule has 0 bridgehead atoms. The maximum absolute atomic E-state index is 13.0. The quantitative estimate of drug-likeness (QED) is 0.630. The molecule has 4 nitrogen and oxygen atoms in total. The van der Waals surface area contributed by atoms with E-state index < -0.39 is 0 Å². The normalized spacial score (nSPS) is 15.7. The van der Waals surface area contributed by atoms with Crippen molar-refractivity contribution in [2.24, 2.45) is 0 Å². The first kappa shape index (κ1) is 20.7. The third-order valence-corrected chi connectivity index (χ3v) is 5.64. The molecule has 1 amide bonds. The lowest BCUT2D eigenvalue weighted by atomic mass is 10.1. The number of nitrogens with zero attached hydrogens (tertiary/aromatic N) is 3. The fraction of sp³-hybridized carbons (Fsp3) is 0.318. The molecule has 1 saturated heterocycles. The Morgan fingerprint density at radius 1 is 1.04 bits per heavy atom. The number of amides is 1. The van der Waals surface area contributed by atoms with Gasteiger partial charge >= 0.3 is 0 Å². The van der Waals surface area contributed by atoms with Gasteiger partial charge in [-0.2, -0.15) is 0 Å². The van der Waals surface area contributed by atoms with Crippen LogP contribution in [0.1, 0.15) is 12.0 Å². The molecule has 6 heteroatoms. The highest BCUT2D eigenvalue weighted by Crippen LogP contribution is 2.32. The fourth-order valence-electron chi connectivity index (χ4n) is 3.26. The Kier molecular flexibility index (Phi) is 6.65. The van der Waals surface area contributed by atoms with E-state index in [1.807, 2.05) is 24.3 Å². The van der Waals surface area contributed by atoms with Crippen molar-refractivity contribution in [1.82, 2.24) is 4.90 Å². The van der Waals surface area contributed by atoms with Crippen LogP contribution in [0.15, 0.2) is 48.0 Å². The van der Waals surface area contributed by atoms with Gasteiger partial charge in [-0.1, -0.05) is 41.4 Å². The smallest absolute Gasteiger partial charge is 0.254 e. The number of likely N-dealkylation sites (N-methyl/N-ethyl adjacent to an activating group) is 2. The van der Waals surface area contributed by atoms with Crippen molar-refractivity contribution in [3.63, 3.8) is 0 Å². The Morgan fingerprint density at radius 2 is 1.79 bits per heavy atom. The Balaban J connectivity index is 1.83. The van der Waals surface area contributed by atoms with Crippen molar-refractivity contribution < 1.29 is 4.79 Å². The minimum absolute atomic E-state index is 0.0177. The predicted molar refractivity (Wildman–Crippen MR) is 120 cm³/mol. The highest BCUT2D eigenvalue weighted by molar-refractivity contribution is 6.42. The fourth-order valence-corrected chi connectivity index (χ4v) is 3.55. The second kappa shape index (κ2) is 8.99. The summed E-state index contributed by atoms with van der Waals surface area (Å²) in [7, 11) is 6.21. The van der Waals surface area contributed by atoms with E-state index in [9.17, 15) is 4.79 Å². The first-order valence-electron chi connectivity index (χ1n) is 9.29. The molecule has 2 aromatic rings. The SMILES string of the molecule is CN(C)CCN(C)c1ccccc1/C=C1\CCN(c2ccc(Cl)c(Cl)c2)C1=O. The number of halogens is 2. The molecule has 28 heavy (non-hydrogen) atoms. The molecule has 0 saturated carbocycles. The second-order valence-electron chi connectivity index (χ2n) is 7.26. The number of benzene rings is 2. The molecule has 0 spiro atoms. The third-order valence-electron chi connectivity index (χ3n) is 4.90. The minimum atomic E-state index is 0.0177. The van der Waals surface area contributed by atoms with E-state index in [0.717, 1.165) is 35.6 Å². The van der Waals surface area contributed by atoms with Crippen molar-refractivity contribution in [1.29, 1.82) is 0 Å². The average molecular weight is 418 g/mol. The molecule has 1 fully saturated rings.